The summed E-state index contributed by atoms with van der Waals surface area (Å²) in [6.07, 6.45) is 8.61. The average Bonchev–Trinajstić information content (AvgIpc) is 2.72. The molecule has 1 heterocycles. The van der Waals surface area contributed by atoms with Crippen molar-refractivity contribution in [2.45, 2.75) is 45.1 Å². The molecule has 1 N–H and O–H groups in total. The number of hydrogen-bond acceptors (Lipinski definition) is 1. The van der Waals surface area contributed by atoms with E-state index in [4.69, 9.17) is 4.99 Å². The Morgan fingerprint density at radius 2 is 2.14 bits per heavy atom. The second kappa shape index (κ2) is 4.45. The zero-order chi connectivity index (χ0) is 9.80. The molecular formula is C12H18N2. The molecule has 14 heavy (non-hydrogen) atoms. The zero-order valence-corrected chi connectivity index (χ0v) is 8.79. The Morgan fingerprint density at radius 1 is 1.36 bits per heavy atom. The van der Waals surface area contributed by atoms with Gasteiger partial charge in [-0.1, -0.05) is 19.3 Å². The summed E-state index contributed by atoms with van der Waals surface area (Å²) in [6.45, 7) is 2.10. The van der Waals surface area contributed by atoms with Crippen LogP contribution in [0.4, 0.5) is 0 Å². The molecule has 1 saturated carbocycles. The molecule has 0 spiro atoms. The summed E-state index contributed by atoms with van der Waals surface area (Å²) in [5, 5.41) is 0. The fraction of sp³-hybridized carbons (Fsp3) is 0.583. The smallest absolute Gasteiger partial charge is 0.0591 e. The van der Waals surface area contributed by atoms with Crippen LogP contribution in [-0.2, 0) is 0 Å². The van der Waals surface area contributed by atoms with Gasteiger partial charge in [0.2, 0.25) is 0 Å². The fourth-order valence-electron chi connectivity index (χ4n) is 2.11. The average molecular weight is 190 g/mol. The second-order valence-corrected chi connectivity index (χ2v) is 4.09. The van der Waals surface area contributed by atoms with E-state index in [0.717, 1.165) is 11.4 Å². The number of aliphatic imine (C=N–C) groups is 1. The minimum absolute atomic E-state index is 0.576. The van der Waals surface area contributed by atoms with Crippen LogP contribution in [0.2, 0.25) is 0 Å². The molecule has 0 radical (unpaired) electrons. The molecule has 1 aromatic heterocycles. The monoisotopic (exact) mass is 190 g/mol. The van der Waals surface area contributed by atoms with Crippen molar-refractivity contribution >= 4 is 5.71 Å². The van der Waals surface area contributed by atoms with Crippen LogP contribution in [0, 0.1) is 0 Å². The largest absolute Gasteiger partial charge is 0.360 e. The van der Waals surface area contributed by atoms with Crippen molar-refractivity contribution in [2.24, 2.45) is 4.99 Å². The van der Waals surface area contributed by atoms with Crippen LogP contribution in [-0.4, -0.2) is 16.7 Å². The molecule has 2 rings (SSSR count). The third-order valence-electron chi connectivity index (χ3n) is 2.94. The van der Waals surface area contributed by atoms with Crippen LogP contribution in [0.15, 0.2) is 23.3 Å². The summed E-state index contributed by atoms with van der Waals surface area (Å²) in [4.78, 5) is 7.96. The third kappa shape index (κ3) is 2.25. The van der Waals surface area contributed by atoms with Crippen LogP contribution < -0.4 is 0 Å². The summed E-state index contributed by atoms with van der Waals surface area (Å²) in [7, 11) is 0. The van der Waals surface area contributed by atoms with Gasteiger partial charge in [-0.3, -0.25) is 4.99 Å². The predicted octanol–water partition coefficient (Wildman–Crippen LogP) is 3.16. The quantitative estimate of drug-likeness (QED) is 0.694. The van der Waals surface area contributed by atoms with Gasteiger partial charge in [0.05, 0.1) is 17.4 Å². The Balaban J connectivity index is 2.02. The van der Waals surface area contributed by atoms with Crippen LogP contribution in [0.1, 0.15) is 44.7 Å². The highest BCUT2D eigenvalue weighted by Gasteiger charge is 2.12. The fourth-order valence-corrected chi connectivity index (χ4v) is 2.11. The van der Waals surface area contributed by atoms with E-state index in [1.165, 1.54) is 32.1 Å². The molecule has 0 bridgehead atoms. The standard InChI is InChI=1S/C12H18N2/c1-10(12-8-5-9-13-12)14-11-6-3-2-4-7-11/h5,8-9,11,13H,2-4,6-7H2,1H3. The third-order valence-corrected chi connectivity index (χ3v) is 2.94. The van der Waals surface area contributed by atoms with Crippen molar-refractivity contribution in [3.05, 3.63) is 24.0 Å². The van der Waals surface area contributed by atoms with Crippen molar-refractivity contribution in [3.8, 4) is 0 Å². The van der Waals surface area contributed by atoms with E-state index in [-0.39, 0.29) is 0 Å². The Labute approximate surface area is 85.4 Å². The highest BCUT2D eigenvalue weighted by molar-refractivity contribution is 5.97. The lowest BCUT2D eigenvalue weighted by atomic mass is 9.96. The SMILES string of the molecule is CC(=NC1CCCCC1)c1ccc[nH]1. The molecule has 1 aromatic rings. The second-order valence-electron chi connectivity index (χ2n) is 4.09. The van der Waals surface area contributed by atoms with Gasteiger partial charge in [0.15, 0.2) is 0 Å². The molecule has 2 heteroatoms. The molecule has 0 aliphatic heterocycles. The first-order valence-corrected chi connectivity index (χ1v) is 5.54. The van der Waals surface area contributed by atoms with Gasteiger partial charge >= 0.3 is 0 Å². The highest BCUT2D eigenvalue weighted by Crippen LogP contribution is 2.20. The van der Waals surface area contributed by atoms with E-state index in [1.807, 2.05) is 12.3 Å². The van der Waals surface area contributed by atoms with Gasteiger partial charge in [0.25, 0.3) is 0 Å². The van der Waals surface area contributed by atoms with E-state index in [9.17, 15) is 0 Å². The molecule has 1 aliphatic rings. The molecular weight excluding hydrogens is 172 g/mol. The van der Waals surface area contributed by atoms with Gasteiger partial charge in [0, 0.05) is 6.20 Å². The van der Waals surface area contributed by atoms with Crippen molar-refractivity contribution < 1.29 is 0 Å². The minimum atomic E-state index is 0.576. The van der Waals surface area contributed by atoms with Crippen LogP contribution in [0.3, 0.4) is 0 Å². The summed E-state index contributed by atoms with van der Waals surface area (Å²) in [6, 6.07) is 4.68. The van der Waals surface area contributed by atoms with Gasteiger partial charge in [-0.05, 0) is 31.9 Å². The highest BCUT2D eigenvalue weighted by atomic mass is 14.8. The van der Waals surface area contributed by atoms with E-state index in [2.05, 4.69) is 18.0 Å². The number of nitrogens with zero attached hydrogens (tertiary/aromatic N) is 1. The van der Waals surface area contributed by atoms with Gasteiger partial charge < -0.3 is 4.98 Å². The van der Waals surface area contributed by atoms with E-state index in [0.29, 0.717) is 6.04 Å². The maximum absolute atomic E-state index is 4.76. The summed E-state index contributed by atoms with van der Waals surface area (Å²) in [5.41, 5.74) is 2.32. The molecule has 0 atom stereocenters. The first-order valence-electron chi connectivity index (χ1n) is 5.54. The molecule has 76 valence electrons. The van der Waals surface area contributed by atoms with Crippen molar-refractivity contribution in [1.29, 1.82) is 0 Å². The van der Waals surface area contributed by atoms with E-state index >= 15 is 0 Å². The number of aromatic amines is 1. The minimum Gasteiger partial charge on any atom is -0.360 e. The molecule has 0 amide bonds. The molecule has 0 saturated heterocycles. The van der Waals surface area contributed by atoms with E-state index < -0.39 is 0 Å². The summed E-state index contributed by atoms with van der Waals surface area (Å²) >= 11 is 0. The summed E-state index contributed by atoms with van der Waals surface area (Å²) < 4.78 is 0. The Morgan fingerprint density at radius 3 is 2.79 bits per heavy atom. The van der Waals surface area contributed by atoms with Crippen molar-refractivity contribution in [2.75, 3.05) is 0 Å². The number of hydrogen-bond donors (Lipinski definition) is 1. The maximum atomic E-state index is 4.76. The van der Waals surface area contributed by atoms with Gasteiger partial charge in [-0.2, -0.15) is 0 Å². The number of aromatic nitrogens is 1. The van der Waals surface area contributed by atoms with Crippen molar-refractivity contribution in [1.82, 2.24) is 4.98 Å². The number of rotatable bonds is 2. The topological polar surface area (TPSA) is 28.1 Å². The van der Waals surface area contributed by atoms with Gasteiger partial charge in [0.1, 0.15) is 0 Å². The van der Waals surface area contributed by atoms with Gasteiger partial charge in [-0.25, -0.2) is 0 Å². The lowest BCUT2D eigenvalue weighted by Crippen LogP contribution is -2.12. The van der Waals surface area contributed by atoms with E-state index in [1.54, 1.807) is 0 Å². The Bertz CT molecular complexity index is 292. The summed E-state index contributed by atoms with van der Waals surface area (Å²) in [5.74, 6) is 0. The Kier molecular flexibility index (Phi) is 3.02. The maximum Gasteiger partial charge on any atom is 0.0591 e. The van der Waals surface area contributed by atoms with Crippen LogP contribution >= 0.6 is 0 Å². The zero-order valence-electron chi connectivity index (χ0n) is 8.79. The molecule has 2 nitrogen and oxygen atoms in total. The molecule has 1 fully saturated rings. The molecule has 0 unspecified atom stereocenters. The lowest BCUT2D eigenvalue weighted by molar-refractivity contribution is 0.443. The molecule has 0 aromatic carbocycles. The molecule has 1 aliphatic carbocycles. The number of nitrogens with one attached hydrogen (secondary N) is 1. The lowest BCUT2D eigenvalue weighted by Gasteiger charge is -2.18. The van der Waals surface area contributed by atoms with Crippen LogP contribution in [0.5, 0.6) is 0 Å². The first-order chi connectivity index (χ1) is 6.86. The first kappa shape index (κ1) is 9.50. The predicted molar refractivity (Wildman–Crippen MR) is 59.9 cm³/mol. The normalized spacial score (nSPS) is 19.9. The number of H-pyrrole nitrogens is 1. The van der Waals surface area contributed by atoms with Crippen molar-refractivity contribution in [3.63, 3.8) is 0 Å². The van der Waals surface area contributed by atoms with Gasteiger partial charge in [-0.15, -0.1) is 0 Å². The Hall–Kier alpha value is -1.05. The van der Waals surface area contributed by atoms with Crippen LogP contribution in [0.25, 0.3) is 0 Å².